The molecule has 0 aliphatic carbocycles. The third kappa shape index (κ3) is 3.76. The molecule has 2 aliphatic heterocycles. The molecule has 6 rings (SSSR count). The molecule has 0 radical (unpaired) electrons. The van der Waals surface area contributed by atoms with Gasteiger partial charge in [0.05, 0.1) is 11.4 Å². The first-order chi connectivity index (χ1) is 16.7. The molecule has 2 fully saturated rings. The number of nitrogens with zero attached hydrogens (tertiary/aromatic N) is 5. The Bertz CT molecular complexity index is 1310. The number of ether oxygens (including phenoxy) is 1. The third-order valence-electron chi connectivity index (χ3n) is 6.82. The average Bonchev–Trinajstić information content (AvgIpc) is 3.22. The highest BCUT2D eigenvalue weighted by Gasteiger charge is 2.31. The summed E-state index contributed by atoms with van der Waals surface area (Å²) in [7, 11) is 0. The zero-order valence-electron chi connectivity index (χ0n) is 18.7. The van der Waals surface area contributed by atoms with Crippen molar-refractivity contribution >= 4 is 16.9 Å². The van der Waals surface area contributed by atoms with Crippen LogP contribution in [-0.4, -0.2) is 56.9 Å². The smallest absolute Gasteiger partial charge is 0.166 e. The van der Waals surface area contributed by atoms with Gasteiger partial charge in [-0.15, -0.1) is 0 Å². The highest BCUT2D eigenvalue weighted by atomic mass is 19.1. The summed E-state index contributed by atoms with van der Waals surface area (Å²) in [5.41, 5.74) is 8.15. The van der Waals surface area contributed by atoms with Gasteiger partial charge in [-0.3, -0.25) is 4.90 Å². The first-order valence-electron chi connectivity index (χ1n) is 11.6. The highest BCUT2D eigenvalue weighted by molar-refractivity contribution is 5.98. The van der Waals surface area contributed by atoms with E-state index in [0.717, 1.165) is 39.0 Å². The summed E-state index contributed by atoms with van der Waals surface area (Å²) in [6.07, 6.45) is 3.43. The van der Waals surface area contributed by atoms with Crippen molar-refractivity contribution in [3.8, 4) is 22.8 Å². The molecular formula is C25H26FN7O. The minimum absolute atomic E-state index is 0.153. The van der Waals surface area contributed by atoms with E-state index in [-0.39, 0.29) is 11.8 Å². The number of nitrogens with one attached hydrogen (secondary N) is 1. The lowest BCUT2D eigenvalue weighted by Crippen LogP contribution is -2.58. The highest BCUT2D eigenvalue weighted by Crippen LogP contribution is 2.36. The van der Waals surface area contributed by atoms with Crippen LogP contribution >= 0.6 is 0 Å². The normalized spacial score (nSPS) is 17.7. The Hall–Kier alpha value is -3.56. The second kappa shape index (κ2) is 8.66. The van der Waals surface area contributed by atoms with Crippen LogP contribution in [-0.2, 0) is 0 Å². The van der Waals surface area contributed by atoms with Gasteiger partial charge in [-0.2, -0.15) is 5.10 Å². The minimum Gasteiger partial charge on any atom is -0.454 e. The zero-order valence-corrected chi connectivity index (χ0v) is 18.7. The van der Waals surface area contributed by atoms with E-state index in [1.54, 1.807) is 24.3 Å². The number of para-hydroxylation sites is 1. The van der Waals surface area contributed by atoms with Gasteiger partial charge in [-0.1, -0.05) is 18.2 Å². The molecule has 0 amide bonds. The van der Waals surface area contributed by atoms with Crippen LogP contribution in [0.3, 0.4) is 0 Å². The van der Waals surface area contributed by atoms with Gasteiger partial charge in [0.15, 0.2) is 17.2 Å². The molecule has 2 aliphatic rings. The molecule has 2 aromatic heterocycles. The number of nitrogen functional groups attached to an aromatic ring is 1. The van der Waals surface area contributed by atoms with Gasteiger partial charge in [0.2, 0.25) is 0 Å². The maximum atomic E-state index is 15.0. The molecule has 9 heteroatoms. The van der Waals surface area contributed by atoms with Gasteiger partial charge < -0.3 is 15.8 Å². The van der Waals surface area contributed by atoms with Crippen molar-refractivity contribution in [3.63, 3.8) is 0 Å². The largest absolute Gasteiger partial charge is 0.454 e. The van der Waals surface area contributed by atoms with Crippen molar-refractivity contribution in [1.82, 2.24) is 30.0 Å². The predicted molar refractivity (Wildman–Crippen MR) is 128 cm³/mol. The number of hydrogen-bond acceptors (Lipinski definition) is 7. The molecule has 34 heavy (non-hydrogen) atoms. The monoisotopic (exact) mass is 459 g/mol. The summed E-state index contributed by atoms with van der Waals surface area (Å²) in [6.45, 7) is 4.18. The maximum absolute atomic E-state index is 15.0. The van der Waals surface area contributed by atoms with Crippen molar-refractivity contribution in [2.45, 2.75) is 24.9 Å². The number of benzene rings is 2. The summed E-state index contributed by atoms with van der Waals surface area (Å²) in [5, 5.41) is 8.90. The van der Waals surface area contributed by atoms with E-state index in [1.807, 2.05) is 22.9 Å². The number of hydrogen-bond donors (Lipinski definition) is 2. The van der Waals surface area contributed by atoms with Crippen molar-refractivity contribution < 1.29 is 9.13 Å². The fraction of sp³-hybridized carbons (Fsp3) is 0.320. The summed E-state index contributed by atoms with van der Waals surface area (Å²) >= 11 is 0. The summed E-state index contributed by atoms with van der Waals surface area (Å²) in [4.78, 5) is 11.2. The molecule has 0 saturated carbocycles. The maximum Gasteiger partial charge on any atom is 0.166 e. The lowest BCUT2D eigenvalue weighted by Gasteiger charge is -2.42. The number of anilines is 1. The molecule has 0 bridgehead atoms. The van der Waals surface area contributed by atoms with Crippen molar-refractivity contribution in [2.24, 2.45) is 0 Å². The fourth-order valence-electron chi connectivity index (χ4n) is 4.83. The SMILES string of the molecule is Nc1ncnc2c1c(-c1ccc(Oc3ccccc3)c(F)c1)nn2C1CCN(C2CNC2)CC1. The second-order valence-corrected chi connectivity index (χ2v) is 8.89. The first kappa shape index (κ1) is 21.0. The minimum atomic E-state index is -0.470. The van der Waals surface area contributed by atoms with Crippen LogP contribution in [0.2, 0.25) is 0 Å². The van der Waals surface area contributed by atoms with Gasteiger partial charge >= 0.3 is 0 Å². The van der Waals surface area contributed by atoms with Gasteiger partial charge in [0, 0.05) is 37.8 Å². The Morgan fingerprint density at radius 1 is 1.00 bits per heavy atom. The summed E-state index contributed by atoms with van der Waals surface area (Å²) in [5.74, 6) is 0.599. The van der Waals surface area contributed by atoms with E-state index in [2.05, 4.69) is 20.2 Å². The Balaban J connectivity index is 1.32. The van der Waals surface area contributed by atoms with Crippen molar-refractivity contribution in [2.75, 3.05) is 31.9 Å². The lowest BCUT2D eigenvalue weighted by atomic mass is 10.0. The molecule has 4 heterocycles. The Kier molecular flexibility index (Phi) is 5.35. The van der Waals surface area contributed by atoms with Gasteiger partial charge in [-0.05, 0) is 43.2 Å². The van der Waals surface area contributed by atoms with E-state index in [9.17, 15) is 0 Å². The lowest BCUT2D eigenvalue weighted by molar-refractivity contribution is 0.0990. The van der Waals surface area contributed by atoms with Crippen LogP contribution in [0, 0.1) is 5.82 Å². The average molecular weight is 460 g/mol. The van der Waals surface area contributed by atoms with E-state index < -0.39 is 5.82 Å². The molecule has 0 spiro atoms. The molecular weight excluding hydrogens is 433 g/mol. The van der Waals surface area contributed by atoms with E-state index >= 15 is 4.39 Å². The molecule has 8 nitrogen and oxygen atoms in total. The standard InChI is InChI=1S/C25H26FN7O/c26-20-12-16(6-7-21(20)34-19-4-2-1-3-5-19)23-22-24(27)29-15-30-25(22)33(31-23)17-8-10-32(11-9-17)18-13-28-14-18/h1-7,12,15,17-18,28H,8-11,13-14H2,(H2,27,29,30). The molecule has 3 N–H and O–H groups in total. The number of likely N-dealkylation sites (tertiary alicyclic amines) is 1. The number of halogens is 1. The van der Waals surface area contributed by atoms with E-state index in [4.69, 9.17) is 15.6 Å². The van der Waals surface area contributed by atoms with Gasteiger partial charge in [0.25, 0.3) is 0 Å². The molecule has 0 unspecified atom stereocenters. The van der Waals surface area contributed by atoms with Crippen molar-refractivity contribution in [3.05, 3.63) is 60.7 Å². The number of rotatable bonds is 5. The fourth-order valence-corrected chi connectivity index (χ4v) is 4.83. The Morgan fingerprint density at radius 2 is 1.79 bits per heavy atom. The topological polar surface area (TPSA) is 94.1 Å². The molecule has 174 valence electrons. The molecule has 0 atom stereocenters. The quantitative estimate of drug-likeness (QED) is 0.471. The van der Waals surface area contributed by atoms with Gasteiger partial charge in [0.1, 0.15) is 23.6 Å². The zero-order chi connectivity index (χ0) is 23.1. The van der Waals surface area contributed by atoms with Crippen LogP contribution in [0.15, 0.2) is 54.9 Å². The van der Waals surface area contributed by atoms with Crippen molar-refractivity contribution in [1.29, 1.82) is 0 Å². The predicted octanol–water partition coefficient (Wildman–Crippen LogP) is 3.62. The van der Waals surface area contributed by atoms with E-state index in [0.29, 0.717) is 39.9 Å². The number of fused-ring (bicyclic) bond motifs is 1. The molecule has 2 aromatic carbocycles. The third-order valence-corrected chi connectivity index (χ3v) is 6.82. The Labute approximate surface area is 196 Å². The summed E-state index contributed by atoms with van der Waals surface area (Å²) < 4.78 is 22.7. The molecule has 4 aromatic rings. The van der Waals surface area contributed by atoms with Crippen LogP contribution in [0.4, 0.5) is 10.2 Å². The van der Waals surface area contributed by atoms with Gasteiger partial charge in [-0.25, -0.2) is 19.0 Å². The van der Waals surface area contributed by atoms with Crippen LogP contribution in [0.25, 0.3) is 22.3 Å². The second-order valence-electron chi connectivity index (χ2n) is 8.89. The van der Waals surface area contributed by atoms with Crippen LogP contribution in [0.5, 0.6) is 11.5 Å². The Morgan fingerprint density at radius 3 is 2.50 bits per heavy atom. The van der Waals surface area contributed by atoms with E-state index in [1.165, 1.54) is 12.4 Å². The first-order valence-corrected chi connectivity index (χ1v) is 11.6. The van der Waals surface area contributed by atoms with Crippen LogP contribution in [0.1, 0.15) is 18.9 Å². The number of aromatic nitrogens is 4. The van der Waals surface area contributed by atoms with Crippen LogP contribution < -0.4 is 15.8 Å². The number of nitrogens with two attached hydrogens (primary N) is 1. The number of piperidine rings is 1. The summed E-state index contributed by atoms with van der Waals surface area (Å²) in [6, 6.07) is 14.8. The molecule has 2 saturated heterocycles.